The van der Waals surface area contributed by atoms with Crippen LogP contribution in [0.2, 0.25) is 0 Å². The predicted molar refractivity (Wildman–Crippen MR) is 93.7 cm³/mol. The highest BCUT2D eigenvalue weighted by Gasteiger charge is 2.51. The molecular weight excluding hydrogens is 316 g/mol. The minimum Gasteiger partial charge on any atom is -0.399 e. The van der Waals surface area contributed by atoms with Gasteiger partial charge in [0, 0.05) is 37.4 Å². The van der Waals surface area contributed by atoms with Crippen LogP contribution in [-0.4, -0.2) is 53.3 Å². The molecule has 4 bridgehead atoms. The molecule has 25 heavy (non-hydrogen) atoms. The van der Waals surface area contributed by atoms with Gasteiger partial charge in [-0.25, -0.2) is 0 Å². The van der Waals surface area contributed by atoms with Crippen molar-refractivity contribution in [3.05, 3.63) is 29.3 Å². The number of hydrogen-bond donors (Lipinski definition) is 2. The number of nitrogens with one attached hydrogen (secondary N) is 1. The molecule has 4 heterocycles. The van der Waals surface area contributed by atoms with E-state index in [0.717, 1.165) is 36.8 Å². The first-order valence-electron chi connectivity index (χ1n) is 9.21. The molecule has 6 heteroatoms. The van der Waals surface area contributed by atoms with Gasteiger partial charge in [0.15, 0.2) is 0 Å². The molecule has 4 fully saturated rings. The van der Waals surface area contributed by atoms with Crippen LogP contribution in [0.3, 0.4) is 0 Å². The highest BCUT2D eigenvalue weighted by Crippen LogP contribution is 2.45. The fourth-order valence-electron chi connectivity index (χ4n) is 5.77. The predicted octanol–water partition coefficient (Wildman–Crippen LogP) is 0.825. The van der Waals surface area contributed by atoms with Crippen molar-refractivity contribution in [2.45, 2.75) is 31.3 Å². The lowest BCUT2D eigenvalue weighted by molar-refractivity contribution is -0.128. The number of nitrogens with two attached hydrogens (primary N) is 1. The van der Waals surface area contributed by atoms with Crippen LogP contribution in [0.25, 0.3) is 0 Å². The van der Waals surface area contributed by atoms with Crippen molar-refractivity contribution < 1.29 is 9.59 Å². The molecule has 3 N–H and O–H groups in total. The van der Waals surface area contributed by atoms with E-state index >= 15 is 0 Å². The summed E-state index contributed by atoms with van der Waals surface area (Å²) in [6.07, 6.45) is 3.50. The molecule has 1 aromatic rings. The van der Waals surface area contributed by atoms with Gasteiger partial charge >= 0.3 is 0 Å². The summed E-state index contributed by atoms with van der Waals surface area (Å²) in [5, 5.41) is 3.31. The number of amides is 2. The van der Waals surface area contributed by atoms with Crippen molar-refractivity contribution in [3.63, 3.8) is 0 Å². The topological polar surface area (TPSA) is 78.7 Å². The van der Waals surface area contributed by atoms with Crippen molar-refractivity contribution in [2.75, 3.05) is 31.9 Å². The van der Waals surface area contributed by atoms with E-state index in [9.17, 15) is 9.59 Å². The number of nitrogens with zero attached hydrogens (tertiary/aromatic N) is 2. The highest BCUT2D eigenvalue weighted by molar-refractivity contribution is 6.00. The van der Waals surface area contributed by atoms with Crippen LogP contribution in [0.1, 0.15) is 35.2 Å². The smallest absolute Gasteiger partial charge is 0.254 e. The molecule has 132 valence electrons. The zero-order valence-corrected chi connectivity index (χ0v) is 14.3. The molecule has 4 aliphatic heterocycles. The maximum Gasteiger partial charge on any atom is 0.254 e. The number of carbonyl (C=O) groups excluding carboxylic acids is 2. The van der Waals surface area contributed by atoms with Gasteiger partial charge < -0.3 is 20.9 Å². The second-order valence-electron chi connectivity index (χ2n) is 8.48. The Labute approximate surface area is 147 Å². The van der Waals surface area contributed by atoms with Gasteiger partial charge in [-0.3, -0.25) is 9.59 Å². The van der Waals surface area contributed by atoms with E-state index in [2.05, 4.69) is 10.2 Å². The Hall–Kier alpha value is -2.08. The van der Waals surface area contributed by atoms with Gasteiger partial charge in [0.1, 0.15) is 6.54 Å². The van der Waals surface area contributed by atoms with E-state index < -0.39 is 0 Å². The number of benzene rings is 1. The van der Waals surface area contributed by atoms with Crippen LogP contribution < -0.4 is 11.1 Å². The van der Waals surface area contributed by atoms with Gasteiger partial charge in [0.2, 0.25) is 5.91 Å². The average molecular weight is 340 g/mol. The summed E-state index contributed by atoms with van der Waals surface area (Å²) in [5.41, 5.74) is 7.97. The van der Waals surface area contributed by atoms with Gasteiger partial charge in [-0.05, 0) is 54.9 Å². The highest BCUT2D eigenvalue weighted by atomic mass is 16.2. The number of piperidine rings is 3. The van der Waals surface area contributed by atoms with Crippen LogP contribution in [-0.2, 0) is 11.3 Å². The summed E-state index contributed by atoms with van der Waals surface area (Å²) in [6.45, 7) is 3.95. The van der Waals surface area contributed by atoms with Gasteiger partial charge in [-0.1, -0.05) is 0 Å². The summed E-state index contributed by atoms with van der Waals surface area (Å²) in [4.78, 5) is 29.3. The first-order chi connectivity index (χ1) is 12.0. The van der Waals surface area contributed by atoms with Crippen molar-refractivity contribution in [3.8, 4) is 0 Å². The molecule has 0 spiro atoms. The quantitative estimate of drug-likeness (QED) is 0.799. The molecule has 4 atom stereocenters. The van der Waals surface area contributed by atoms with Crippen molar-refractivity contribution >= 4 is 17.5 Å². The molecule has 0 aromatic heterocycles. The zero-order valence-electron chi connectivity index (χ0n) is 14.3. The molecule has 2 unspecified atom stereocenters. The first kappa shape index (κ1) is 15.2. The Bertz CT molecular complexity index is 725. The summed E-state index contributed by atoms with van der Waals surface area (Å²) in [6, 6.07) is 5.33. The second-order valence-corrected chi connectivity index (χ2v) is 8.48. The maximum absolute atomic E-state index is 12.7. The number of hydrogen-bond acceptors (Lipinski definition) is 4. The van der Waals surface area contributed by atoms with Crippen molar-refractivity contribution in [2.24, 2.45) is 11.8 Å². The molecule has 3 saturated heterocycles. The summed E-state index contributed by atoms with van der Waals surface area (Å²) in [7, 11) is 0. The fraction of sp³-hybridized carbons (Fsp3) is 0.579. The van der Waals surface area contributed by atoms with E-state index in [1.165, 1.54) is 19.5 Å². The van der Waals surface area contributed by atoms with E-state index in [-0.39, 0.29) is 23.9 Å². The molecule has 6 nitrogen and oxygen atoms in total. The Balaban J connectivity index is 1.27. The standard InChI is InChI=1S/C19H24N4O2/c20-15-1-2-16-14(4-15)9-23(18(16)25)10-17(24)21-19-5-12-3-13(6-19)8-22(7-12)11-19/h1-2,4,12-13H,3,5-11,20H2,(H,21,24)/t12-,13+,19?. The summed E-state index contributed by atoms with van der Waals surface area (Å²) >= 11 is 0. The van der Waals surface area contributed by atoms with Crippen LogP contribution in [0.5, 0.6) is 0 Å². The van der Waals surface area contributed by atoms with Gasteiger partial charge in [-0.15, -0.1) is 0 Å². The molecule has 2 amide bonds. The van der Waals surface area contributed by atoms with Crippen LogP contribution in [0.4, 0.5) is 5.69 Å². The van der Waals surface area contributed by atoms with Crippen molar-refractivity contribution in [1.82, 2.24) is 15.1 Å². The SMILES string of the molecule is Nc1ccc2c(c1)CN(CC(=O)NC13C[C@@H]4C[C@@H](CN(C4)C1)C3)C2=O. The van der Waals surface area contributed by atoms with Gasteiger partial charge in [0.25, 0.3) is 5.91 Å². The molecule has 1 aromatic carbocycles. The molecule has 0 radical (unpaired) electrons. The van der Waals surface area contributed by atoms with Crippen LogP contribution in [0.15, 0.2) is 18.2 Å². The van der Waals surface area contributed by atoms with E-state index in [0.29, 0.717) is 17.8 Å². The largest absolute Gasteiger partial charge is 0.399 e. The first-order valence-corrected chi connectivity index (χ1v) is 9.21. The molecule has 1 aliphatic carbocycles. The Kier molecular flexibility index (Phi) is 3.17. The number of rotatable bonds is 3. The Morgan fingerprint density at radius 1 is 1.28 bits per heavy atom. The third kappa shape index (κ3) is 2.51. The Morgan fingerprint density at radius 3 is 2.76 bits per heavy atom. The minimum absolute atomic E-state index is 0.0303. The lowest BCUT2D eigenvalue weighted by Crippen LogP contribution is -2.69. The Morgan fingerprint density at radius 2 is 2.04 bits per heavy atom. The third-order valence-electron chi connectivity index (χ3n) is 6.33. The van der Waals surface area contributed by atoms with Crippen molar-refractivity contribution in [1.29, 1.82) is 0 Å². The van der Waals surface area contributed by atoms with Gasteiger partial charge in [-0.2, -0.15) is 0 Å². The third-order valence-corrected chi connectivity index (χ3v) is 6.33. The fourth-order valence-corrected chi connectivity index (χ4v) is 5.77. The normalized spacial score (nSPS) is 35.1. The number of anilines is 1. The molecule has 6 rings (SSSR count). The lowest BCUT2D eigenvalue weighted by Gasteiger charge is -2.58. The minimum atomic E-state index is -0.0700. The molecular formula is C19H24N4O2. The second kappa shape index (κ2) is 5.21. The van der Waals surface area contributed by atoms with Gasteiger partial charge in [0.05, 0.1) is 5.54 Å². The molecule has 1 saturated carbocycles. The van der Waals surface area contributed by atoms with E-state index in [1.807, 2.05) is 6.07 Å². The van der Waals surface area contributed by atoms with Crippen LogP contribution >= 0.6 is 0 Å². The number of carbonyl (C=O) groups is 2. The monoisotopic (exact) mass is 340 g/mol. The average Bonchev–Trinajstić information content (AvgIpc) is 2.80. The van der Waals surface area contributed by atoms with E-state index in [4.69, 9.17) is 5.73 Å². The maximum atomic E-state index is 12.7. The number of fused-ring (bicyclic) bond motifs is 1. The summed E-state index contributed by atoms with van der Waals surface area (Å²) in [5.74, 6) is 1.35. The van der Waals surface area contributed by atoms with Crippen LogP contribution in [0, 0.1) is 11.8 Å². The lowest BCUT2D eigenvalue weighted by atomic mass is 9.64. The molecule has 5 aliphatic rings. The van der Waals surface area contributed by atoms with E-state index in [1.54, 1.807) is 17.0 Å². The summed E-state index contributed by atoms with van der Waals surface area (Å²) < 4.78 is 0. The zero-order chi connectivity index (χ0) is 17.2. The number of nitrogen functional groups attached to an aromatic ring is 1.